The van der Waals surface area contributed by atoms with E-state index in [0.29, 0.717) is 22.3 Å². The summed E-state index contributed by atoms with van der Waals surface area (Å²) in [6.45, 7) is 0. The molecule has 0 aliphatic carbocycles. The Morgan fingerprint density at radius 1 is 1.29 bits per heavy atom. The lowest BCUT2D eigenvalue weighted by atomic mass is 10.2. The Labute approximate surface area is 116 Å². The van der Waals surface area contributed by atoms with Gasteiger partial charge in [-0.15, -0.1) is 0 Å². The molecular weight excluding hydrogens is 328 g/mol. The second-order valence-electron chi connectivity index (χ2n) is 3.06. The van der Waals surface area contributed by atoms with Gasteiger partial charge >= 0.3 is 0 Å². The maximum atomic E-state index is 6.10. The van der Waals surface area contributed by atoms with Crippen LogP contribution in [0.1, 0.15) is 0 Å². The first kappa shape index (κ1) is 12.6. The minimum atomic E-state index is 0.466. The number of hydrogen-bond donors (Lipinski definition) is 0. The smallest absolute Gasteiger partial charge is 0.179 e. The molecule has 2 aromatic rings. The first-order valence-corrected chi connectivity index (χ1v) is 6.51. The fourth-order valence-corrected chi connectivity index (χ4v) is 2.48. The molecule has 90 valence electrons. The van der Waals surface area contributed by atoms with E-state index in [0.717, 1.165) is 9.48 Å². The number of benzene rings is 1. The van der Waals surface area contributed by atoms with Crippen molar-refractivity contribution in [1.82, 2.24) is 9.36 Å². The van der Waals surface area contributed by atoms with Crippen molar-refractivity contribution in [1.29, 1.82) is 0 Å². The summed E-state index contributed by atoms with van der Waals surface area (Å²) in [7, 11) is 3.10. The van der Waals surface area contributed by atoms with Crippen molar-refractivity contribution in [2.45, 2.75) is 0 Å². The van der Waals surface area contributed by atoms with E-state index in [9.17, 15) is 0 Å². The van der Waals surface area contributed by atoms with Crippen LogP contribution in [0.4, 0.5) is 0 Å². The number of nitrogens with zero attached hydrogens (tertiary/aromatic N) is 2. The second kappa shape index (κ2) is 5.20. The topological polar surface area (TPSA) is 44.2 Å². The van der Waals surface area contributed by atoms with Crippen molar-refractivity contribution in [3.05, 3.63) is 21.1 Å². The third-order valence-corrected chi connectivity index (χ3v) is 3.49. The number of halogens is 2. The monoisotopic (exact) mass is 334 g/mol. The fraction of sp³-hybridized carbons (Fsp3) is 0.200. The van der Waals surface area contributed by atoms with E-state index in [4.69, 9.17) is 21.1 Å². The van der Waals surface area contributed by atoms with E-state index in [1.165, 1.54) is 11.5 Å². The molecule has 1 aromatic carbocycles. The van der Waals surface area contributed by atoms with Crippen LogP contribution in [0.5, 0.6) is 11.5 Å². The van der Waals surface area contributed by atoms with Gasteiger partial charge in [0, 0.05) is 5.56 Å². The zero-order valence-corrected chi connectivity index (χ0v) is 12.2. The molecule has 4 nitrogen and oxygen atoms in total. The number of rotatable bonds is 3. The van der Waals surface area contributed by atoms with Gasteiger partial charge < -0.3 is 9.47 Å². The first-order chi connectivity index (χ1) is 8.15. The van der Waals surface area contributed by atoms with E-state index in [1.54, 1.807) is 26.4 Å². The predicted octanol–water partition coefficient (Wildman–Crippen LogP) is 3.64. The van der Waals surface area contributed by atoms with Crippen LogP contribution >= 0.6 is 39.1 Å². The molecule has 1 heterocycles. The molecule has 2 rings (SSSR count). The largest absolute Gasteiger partial charge is 0.493 e. The van der Waals surface area contributed by atoms with Crippen molar-refractivity contribution in [3.63, 3.8) is 0 Å². The van der Waals surface area contributed by atoms with Crippen molar-refractivity contribution >= 4 is 39.1 Å². The van der Waals surface area contributed by atoms with Gasteiger partial charge in [0.25, 0.3) is 0 Å². The Morgan fingerprint density at radius 3 is 2.59 bits per heavy atom. The third kappa shape index (κ3) is 2.53. The molecular formula is C10H8BrClN2O2S. The molecule has 0 atom stereocenters. The van der Waals surface area contributed by atoms with Crippen LogP contribution in [0.2, 0.25) is 5.02 Å². The van der Waals surface area contributed by atoms with Gasteiger partial charge in [0.1, 0.15) is 0 Å². The highest BCUT2D eigenvalue weighted by atomic mass is 79.9. The summed E-state index contributed by atoms with van der Waals surface area (Å²) >= 11 is 10.6. The molecule has 0 aliphatic heterocycles. The summed E-state index contributed by atoms with van der Waals surface area (Å²) in [6.07, 6.45) is 0. The summed E-state index contributed by atoms with van der Waals surface area (Å²) in [5.74, 6) is 1.66. The van der Waals surface area contributed by atoms with Crippen LogP contribution < -0.4 is 9.47 Å². The molecule has 0 aliphatic rings. The maximum Gasteiger partial charge on any atom is 0.179 e. The van der Waals surface area contributed by atoms with Gasteiger partial charge in [0.2, 0.25) is 0 Å². The van der Waals surface area contributed by atoms with Crippen LogP contribution in [0.3, 0.4) is 0 Å². The van der Waals surface area contributed by atoms with Crippen LogP contribution in [0, 0.1) is 0 Å². The van der Waals surface area contributed by atoms with E-state index >= 15 is 0 Å². The summed E-state index contributed by atoms with van der Waals surface area (Å²) in [4.78, 5) is 4.22. The average Bonchev–Trinajstić information content (AvgIpc) is 2.74. The van der Waals surface area contributed by atoms with Gasteiger partial charge in [-0.1, -0.05) is 11.6 Å². The zero-order valence-electron chi connectivity index (χ0n) is 9.03. The maximum absolute atomic E-state index is 6.10. The lowest BCUT2D eigenvalue weighted by Crippen LogP contribution is -1.92. The predicted molar refractivity (Wildman–Crippen MR) is 71.2 cm³/mol. The quantitative estimate of drug-likeness (QED) is 0.859. The Hall–Kier alpha value is -0.850. The summed E-state index contributed by atoms with van der Waals surface area (Å²) in [5, 5.41) is 0.466. The molecule has 0 fully saturated rings. The molecule has 1 aromatic heterocycles. The molecule has 0 bridgehead atoms. The molecule has 17 heavy (non-hydrogen) atoms. The van der Waals surface area contributed by atoms with Crippen LogP contribution in [0.15, 0.2) is 16.0 Å². The van der Waals surface area contributed by atoms with Crippen molar-refractivity contribution in [2.75, 3.05) is 14.2 Å². The third-order valence-electron chi connectivity index (χ3n) is 2.09. The van der Waals surface area contributed by atoms with Gasteiger partial charge in [-0.25, -0.2) is 4.98 Å². The molecule has 7 heteroatoms. The van der Waals surface area contributed by atoms with E-state index in [1.807, 2.05) is 0 Å². The SMILES string of the molecule is COc1cc(-c2nsc(Br)n2)cc(Cl)c1OC. The van der Waals surface area contributed by atoms with E-state index in [2.05, 4.69) is 25.3 Å². The fourth-order valence-electron chi connectivity index (χ4n) is 1.37. The van der Waals surface area contributed by atoms with E-state index in [-0.39, 0.29) is 0 Å². The molecule has 0 saturated heterocycles. The number of aromatic nitrogens is 2. The second-order valence-corrected chi connectivity index (χ2v) is 5.50. The van der Waals surface area contributed by atoms with Crippen LogP contribution in [-0.4, -0.2) is 23.6 Å². The lowest BCUT2D eigenvalue weighted by Gasteiger charge is -2.10. The highest BCUT2D eigenvalue weighted by molar-refractivity contribution is 9.11. The Balaban J connectivity index is 2.53. The van der Waals surface area contributed by atoms with Gasteiger partial charge in [0.05, 0.1) is 19.2 Å². The van der Waals surface area contributed by atoms with Crippen molar-refractivity contribution in [3.8, 4) is 22.9 Å². The van der Waals surface area contributed by atoms with E-state index < -0.39 is 0 Å². The normalized spacial score (nSPS) is 10.4. The molecule has 0 amide bonds. The summed E-state index contributed by atoms with van der Waals surface area (Å²) < 4.78 is 15.3. The first-order valence-electron chi connectivity index (χ1n) is 4.56. The minimum Gasteiger partial charge on any atom is -0.493 e. The summed E-state index contributed by atoms with van der Waals surface area (Å²) in [6, 6.07) is 3.54. The number of methoxy groups -OCH3 is 2. The zero-order chi connectivity index (χ0) is 12.4. The van der Waals surface area contributed by atoms with Crippen molar-refractivity contribution < 1.29 is 9.47 Å². The van der Waals surface area contributed by atoms with Gasteiger partial charge in [-0.05, 0) is 39.6 Å². The Bertz CT molecular complexity index is 547. The van der Waals surface area contributed by atoms with Crippen LogP contribution in [0.25, 0.3) is 11.4 Å². The minimum absolute atomic E-state index is 0.466. The molecule has 0 N–H and O–H groups in total. The highest BCUT2D eigenvalue weighted by Crippen LogP contribution is 2.38. The van der Waals surface area contributed by atoms with Crippen LogP contribution in [-0.2, 0) is 0 Å². The standard InChI is InChI=1S/C10H8BrClN2O2S/c1-15-7-4-5(3-6(12)8(7)16-2)9-13-10(11)17-14-9/h3-4H,1-2H3. The lowest BCUT2D eigenvalue weighted by molar-refractivity contribution is 0.355. The van der Waals surface area contributed by atoms with Crippen molar-refractivity contribution in [2.24, 2.45) is 0 Å². The van der Waals surface area contributed by atoms with Gasteiger partial charge in [0.15, 0.2) is 21.2 Å². The molecule has 0 unspecified atom stereocenters. The molecule has 0 radical (unpaired) electrons. The average molecular weight is 336 g/mol. The highest BCUT2D eigenvalue weighted by Gasteiger charge is 2.14. The summed E-state index contributed by atoms with van der Waals surface area (Å²) in [5.41, 5.74) is 0.787. The Morgan fingerprint density at radius 2 is 2.06 bits per heavy atom. The molecule has 0 spiro atoms. The van der Waals surface area contributed by atoms with Gasteiger partial charge in [-0.3, -0.25) is 0 Å². The number of hydrogen-bond acceptors (Lipinski definition) is 5. The molecule has 0 saturated carbocycles. The Kier molecular flexibility index (Phi) is 3.86. The van der Waals surface area contributed by atoms with Gasteiger partial charge in [-0.2, -0.15) is 4.37 Å². The number of ether oxygens (including phenoxy) is 2.